The number of likely N-dealkylation sites (tertiary alicyclic amines) is 1. The normalized spacial score (nSPS) is 16.4. The summed E-state index contributed by atoms with van der Waals surface area (Å²) in [6.45, 7) is 1.54. The zero-order valence-corrected chi connectivity index (χ0v) is 17.0. The second kappa shape index (κ2) is 7.66. The molecule has 3 heterocycles. The zero-order valence-electron chi connectivity index (χ0n) is 15.5. The fourth-order valence-corrected chi connectivity index (χ4v) is 5.56. The Labute approximate surface area is 169 Å². The molecule has 1 aromatic carbocycles. The smallest absolute Gasteiger partial charge is 0.198 e. The molecular weight excluding hydrogens is 396 g/mol. The van der Waals surface area contributed by atoms with E-state index in [1.165, 1.54) is 0 Å². The van der Waals surface area contributed by atoms with E-state index < -0.39 is 15.1 Å². The van der Waals surface area contributed by atoms with Crippen molar-refractivity contribution in [2.45, 2.75) is 23.1 Å². The fourth-order valence-electron chi connectivity index (χ4n) is 3.60. The van der Waals surface area contributed by atoms with Gasteiger partial charge in [0.25, 0.3) is 0 Å². The van der Waals surface area contributed by atoms with Crippen molar-refractivity contribution in [2.75, 3.05) is 20.1 Å². The van der Waals surface area contributed by atoms with Crippen molar-refractivity contribution in [3.05, 3.63) is 53.8 Å². The number of sulfone groups is 1. The second-order valence-electron chi connectivity index (χ2n) is 7.07. The molecule has 0 unspecified atom stereocenters. The van der Waals surface area contributed by atoms with Crippen LogP contribution >= 0.6 is 11.6 Å². The number of rotatable bonds is 4. The number of aromatic amines is 1. The monoisotopic (exact) mass is 416 g/mol. The van der Waals surface area contributed by atoms with E-state index in [4.69, 9.17) is 11.6 Å². The van der Waals surface area contributed by atoms with Crippen molar-refractivity contribution < 1.29 is 8.42 Å². The largest absolute Gasteiger partial charge is 0.306 e. The highest BCUT2D eigenvalue weighted by atomic mass is 35.5. The first-order chi connectivity index (χ1) is 13.5. The standard InChI is InChI=1S/C20H21ClN4O2S/c1-25-12-8-17(9-13-25)28(26,27)20-18(14-6-10-22-11-7-14)19(23-24-20)15-2-4-16(21)5-3-15/h2-7,10-11,17H,8-9,12-13H2,1H3,(H,23,24). The molecule has 3 aromatic rings. The van der Waals surface area contributed by atoms with Crippen LogP contribution in [0.15, 0.2) is 53.8 Å². The van der Waals surface area contributed by atoms with E-state index in [-0.39, 0.29) is 5.03 Å². The van der Waals surface area contributed by atoms with Crippen molar-refractivity contribution in [3.63, 3.8) is 0 Å². The molecule has 1 aliphatic heterocycles. The molecular formula is C20H21ClN4O2S. The number of nitrogens with one attached hydrogen (secondary N) is 1. The lowest BCUT2D eigenvalue weighted by atomic mass is 10.0. The van der Waals surface area contributed by atoms with Gasteiger partial charge in [-0.2, -0.15) is 5.10 Å². The maximum Gasteiger partial charge on any atom is 0.198 e. The number of aromatic nitrogens is 3. The number of hydrogen-bond donors (Lipinski definition) is 1. The first-order valence-corrected chi connectivity index (χ1v) is 11.1. The molecule has 0 radical (unpaired) electrons. The van der Waals surface area contributed by atoms with Crippen LogP contribution in [0.5, 0.6) is 0 Å². The third-order valence-corrected chi connectivity index (χ3v) is 7.67. The molecule has 0 saturated carbocycles. The van der Waals surface area contributed by atoms with Gasteiger partial charge in [0, 0.05) is 28.5 Å². The quantitative estimate of drug-likeness (QED) is 0.702. The average Bonchev–Trinajstić information content (AvgIpc) is 3.15. The third-order valence-electron chi connectivity index (χ3n) is 5.21. The summed E-state index contributed by atoms with van der Waals surface area (Å²) < 4.78 is 26.9. The summed E-state index contributed by atoms with van der Waals surface area (Å²) >= 11 is 6.01. The van der Waals surface area contributed by atoms with Crippen molar-refractivity contribution in [1.82, 2.24) is 20.1 Å². The third kappa shape index (κ3) is 3.57. The number of halogens is 1. The van der Waals surface area contributed by atoms with Gasteiger partial charge in [-0.1, -0.05) is 23.7 Å². The number of pyridine rings is 1. The van der Waals surface area contributed by atoms with Crippen LogP contribution < -0.4 is 0 Å². The molecule has 4 rings (SSSR count). The molecule has 1 saturated heterocycles. The Balaban J connectivity index is 1.85. The van der Waals surface area contributed by atoms with Crippen LogP contribution in [0, 0.1) is 0 Å². The van der Waals surface area contributed by atoms with E-state index in [0.717, 1.165) is 24.2 Å². The molecule has 0 atom stereocenters. The second-order valence-corrected chi connectivity index (χ2v) is 9.67. The van der Waals surface area contributed by atoms with Gasteiger partial charge in [0.1, 0.15) is 5.69 Å². The molecule has 8 heteroatoms. The number of piperidine rings is 1. The number of hydrogen-bond acceptors (Lipinski definition) is 5. The number of benzene rings is 1. The highest BCUT2D eigenvalue weighted by Crippen LogP contribution is 2.38. The van der Waals surface area contributed by atoms with Crippen LogP contribution in [-0.4, -0.2) is 53.9 Å². The summed E-state index contributed by atoms with van der Waals surface area (Å²) in [5.41, 5.74) is 2.75. The molecule has 2 aromatic heterocycles. The minimum atomic E-state index is -3.55. The maximum atomic E-state index is 13.5. The summed E-state index contributed by atoms with van der Waals surface area (Å²) in [6, 6.07) is 10.8. The van der Waals surface area contributed by atoms with Gasteiger partial charge in [-0.05, 0) is 62.8 Å². The van der Waals surface area contributed by atoms with Crippen molar-refractivity contribution in [1.29, 1.82) is 0 Å². The Morgan fingerprint density at radius 2 is 1.68 bits per heavy atom. The molecule has 1 N–H and O–H groups in total. The van der Waals surface area contributed by atoms with E-state index >= 15 is 0 Å². The van der Waals surface area contributed by atoms with E-state index in [2.05, 4.69) is 20.1 Å². The van der Waals surface area contributed by atoms with Gasteiger partial charge < -0.3 is 4.90 Å². The predicted octanol–water partition coefficient (Wildman–Crippen LogP) is 3.66. The Kier molecular flexibility index (Phi) is 5.23. The van der Waals surface area contributed by atoms with Gasteiger partial charge in [0.2, 0.25) is 0 Å². The van der Waals surface area contributed by atoms with Crippen LogP contribution in [-0.2, 0) is 9.84 Å². The summed E-state index contributed by atoms with van der Waals surface area (Å²) in [5, 5.41) is 7.60. The molecule has 0 amide bonds. The Morgan fingerprint density at radius 3 is 2.32 bits per heavy atom. The lowest BCUT2D eigenvalue weighted by Crippen LogP contribution is -2.37. The van der Waals surface area contributed by atoms with E-state index in [1.54, 1.807) is 36.7 Å². The van der Waals surface area contributed by atoms with Crippen LogP contribution in [0.25, 0.3) is 22.4 Å². The molecule has 0 spiro atoms. The van der Waals surface area contributed by atoms with Crippen LogP contribution in [0.4, 0.5) is 0 Å². The van der Waals surface area contributed by atoms with Gasteiger partial charge in [0.15, 0.2) is 14.9 Å². The van der Waals surface area contributed by atoms with Crippen molar-refractivity contribution >= 4 is 21.4 Å². The van der Waals surface area contributed by atoms with Crippen LogP contribution in [0.3, 0.4) is 0 Å². The minimum Gasteiger partial charge on any atom is -0.306 e. The molecule has 0 bridgehead atoms. The lowest BCUT2D eigenvalue weighted by molar-refractivity contribution is 0.277. The topological polar surface area (TPSA) is 79.0 Å². The van der Waals surface area contributed by atoms with E-state index in [1.807, 2.05) is 19.2 Å². The molecule has 0 aliphatic carbocycles. The first kappa shape index (κ1) is 19.1. The number of H-pyrrole nitrogens is 1. The summed E-state index contributed by atoms with van der Waals surface area (Å²) in [6.07, 6.45) is 4.54. The van der Waals surface area contributed by atoms with Gasteiger partial charge in [-0.25, -0.2) is 8.42 Å². The first-order valence-electron chi connectivity index (χ1n) is 9.14. The summed E-state index contributed by atoms with van der Waals surface area (Å²) in [4.78, 5) is 6.21. The Bertz CT molecular complexity index is 1060. The highest BCUT2D eigenvalue weighted by Gasteiger charge is 2.35. The molecule has 1 fully saturated rings. The summed E-state index contributed by atoms with van der Waals surface area (Å²) in [5.74, 6) is 0. The highest BCUT2D eigenvalue weighted by molar-refractivity contribution is 7.92. The molecule has 146 valence electrons. The average molecular weight is 417 g/mol. The Morgan fingerprint density at radius 1 is 1.04 bits per heavy atom. The lowest BCUT2D eigenvalue weighted by Gasteiger charge is -2.28. The van der Waals surface area contributed by atoms with E-state index in [9.17, 15) is 8.42 Å². The van der Waals surface area contributed by atoms with Crippen LogP contribution in [0.2, 0.25) is 5.02 Å². The SMILES string of the molecule is CN1CCC(S(=O)(=O)c2[nH]nc(-c3ccc(Cl)cc3)c2-c2ccncc2)CC1. The molecule has 1 aliphatic rings. The van der Waals surface area contributed by atoms with Gasteiger partial charge in [-0.3, -0.25) is 10.1 Å². The predicted molar refractivity (Wildman–Crippen MR) is 110 cm³/mol. The summed E-state index contributed by atoms with van der Waals surface area (Å²) in [7, 11) is -1.54. The van der Waals surface area contributed by atoms with Gasteiger partial charge >= 0.3 is 0 Å². The number of nitrogens with zero attached hydrogens (tertiary/aromatic N) is 3. The van der Waals surface area contributed by atoms with Crippen molar-refractivity contribution in [3.8, 4) is 22.4 Å². The van der Waals surface area contributed by atoms with Gasteiger partial charge in [0.05, 0.1) is 5.25 Å². The minimum absolute atomic E-state index is 0.179. The van der Waals surface area contributed by atoms with Gasteiger partial charge in [-0.15, -0.1) is 0 Å². The molecule has 28 heavy (non-hydrogen) atoms. The zero-order chi connectivity index (χ0) is 19.7. The van der Waals surface area contributed by atoms with E-state index in [0.29, 0.717) is 29.1 Å². The van der Waals surface area contributed by atoms with Crippen LogP contribution in [0.1, 0.15) is 12.8 Å². The maximum absolute atomic E-state index is 13.5. The Hall–Kier alpha value is -2.22. The fraction of sp³-hybridized carbons (Fsp3) is 0.300. The molecule has 6 nitrogen and oxygen atoms in total. The van der Waals surface area contributed by atoms with Crippen molar-refractivity contribution in [2.24, 2.45) is 0 Å².